The fourth-order valence-corrected chi connectivity index (χ4v) is 2.74. The van der Waals surface area contributed by atoms with Crippen LogP contribution in [0, 0.1) is 0 Å². The van der Waals surface area contributed by atoms with E-state index in [0.717, 1.165) is 50.4 Å². The number of hydrogen-bond donors (Lipinski definition) is 1. The normalized spacial score (nSPS) is 23.1. The van der Waals surface area contributed by atoms with Crippen molar-refractivity contribution in [2.45, 2.75) is 50.4 Å². The zero-order chi connectivity index (χ0) is 13.9. The Kier molecular flexibility index (Phi) is 4.00. The molecule has 6 nitrogen and oxygen atoms in total. The highest BCUT2D eigenvalue weighted by atomic mass is 16.5. The minimum Gasteiger partial charge on any atom is -0.342 e. The predicted octanol–water partition coefficient (Wildman–Crippen LogP) is 1.39. The number of piperidine rings is 1. The number of rotatable bonds is 5. The van der Waals surface area contributed by atoms with Crippen molar-refractivity contribution >= 4 is 5.91 Å². The summed E-state index contributed by atoms with van der Waals surface area (Å²) in [6, 6.07) is 0. The minimum absolute atomic E-state index is 0.200. The fourth-order valence-electron chi connectivity index (χ4n) is 2.74. The third kappa shape index (κ3) is 3.00. The van der Waals surface area contributed by atoms with Crippen molar-refractivity contribution in [3.8, 4) is 0 Å². The molecule has 2 N–H and O–H groups in total. The summed E-state index contributed by atoms with van der Waals surface area (Å²) >= 11 is 0. The van der Waals surface area contributed by atoms with Crippen LogP contribution in [0.1, 0.15) is 62.1 Å². The Morgan fingerprint density at radius 1 is 1.35 bits per heavy atom. The van der Waals surface area contributed by atoms with Crippen LogP contribution in [0.15, 0.2) is 4.52 Å². The Labute approximate surface area is 118 Å². The Morgan fingerprint density at radius 2 is 2.20 bits per heavy atom. The first kappa shape index (κ1) is 13.5. The maximum atomic E-state index is 12.1. The smallest absolute Gasteiger partial charge is 0.229 e. The van der Waals surface area contributed by atoms with Crippen molar-refractivity contribution in [1.82, 2.24) is 15.0 Å². The lowest BCUT2D eigenvalue weighted by Gasteiger charge is -2.31. The maximum absolute atomic E-state index is 12.1. The van der Waals surface area contributed by atoms with E-state index in [1.807, 2.05) is 4.90 Å². The molecule has 1 atom stereocenters. The predicted molar refractivity (Wildman–Crippen MR) is 73.1 cm³/mol. The third-order valence-corrected chi connectivity index (χ3v) is 4.12. The third-order valence-electron chi connectivity index (χ3n) is 4.12. The zero-order valence-corrected chi connectivity index (χ0v) is 11.8. The second-order valence-electron chi connectivity index (χ2n) is 5.84. The lowest BCUT2D eigenvalue weighted by molar-refractivity contribution is -0.132. The molecule has 1 amide bonds. The highest BCUT2D eigenvalue weighted by Crippen LogP contribution is 2.39. The number of aromatic nitrogens is 2. The van der Waals surface area contributed by atoms with Gasteiger partial charge < -0.3 is 15.2 Å². The van der Waals surface area contributed by atoms with Gasteiger partial charge in [0.05, 0.1) is 0 Å². The van der Waals surface area contributed by atoms with Crippen molar-refractivity contribution in [2.24, 2.45) is 5.73 Å². The lowest BCUT2D eigenvalue weighted by atomic mass is 9.97. The molecule has 1 unspecified atom stereocenters. The summed E-state index contributed by atoms with van der Waals surface area (Å²) in [5, 5.41) is 4.11. The van der Waals surface area contributed by atoms with E-state index in [9.17, 15) is 4.79 Å². The molecule has 0 radical (unpaired) electrons. The van der Waals surface area contributed by atoms with E-state index in [2.05, 4.69) is 10.1 Å². The molecular formula is C14H22N4O2. The van der Waals surface area contributed by atoms with Gasteiger partial charge in [0.25, 0.3) is 0 Å². The Morgan fingerprint density at radius 3 is 2.95 bits per heavy atom. The van der Waals surface area contributed by atoms with Crippen LogP contribution in [0.2, 0.25) is 0 Å². The molecule has 2 aliphatic rings. The van der Waals surface area contributed by atoms with Crippen LogP contribution in [-0.4, -0.2) is 40.6 Å². The molecule has 6 heteroatoms. The zero-order valence-electron chi connectivity index (χ0n) is 11.8. The second kappa shape index (κ2) is 5.91. The number of likely N-dealkylation sites (tertiary alicyclic amines) is 1. The first-order chi connectivity index (χ1) is 9.78. The van der Waals surface area contributed by atoms with Crippen LogP contribution in [0.4, 0.5) is 0 Å². The highest BCUT2D eigenvalue weighted by Gasteiger charge is 2.32. The van der Waals surface area contributed by atoms with E-state index in [4.69, 9.17) is 10.3 Å². The van der Waals surface area contributed by atoms with Gasteiger partial charge in [-0.25, -0.2) is 0 Å². The Hall–Kier alpha value is -1.43. The first-order valence-corrected chi connectivity index (χ1v) is 7.59. The van der Waals surface area contributed by atoms with Gasteiger partial charge in [0, 0.05) is 31.3 Å². The molecule has 0 aromatic carbocycles. The number of nitrogens with zero attached hydrogens (tertiary/aromatic N) is 3. The number of amides is 1. The molecule has 1 saturated carbocycles. The molecule has 3 rings (SSSR count). The molecular weight excluding hydrogens is 256 g/mol. The Bertz CT molecular complexity index is 469. The van der Waals surface area contributed by atoms with Crippen molar-refractivity contribution in [3.05, 3.63) is 11.7 Å². The molecule has 110 valence electrons. The standard InChI is InChI=1S/C14H22N4O2/c15-7-1-4-12(19)18-8-2-3-11(9-18)13-16-14(20-17-13)10-5-6-10/h10-11H,1-9,15H2. The average molecular weight is 278 g/mol. The summed E-state index contributed by atoms with van der Waals surface area (Å²) in [6.07, 6.45) is 5.67. The van der Waals surface area contributed by atoms with E-state index in [0.29, 0.717) is 25.4 Å². The first-order valence-electron chi connectivity index (χ1n) is 7.59. The molecule has 1 saturated heterocycles. The largest absolute Gasteiger partial charge is 0.342 e. The minimum atomic E-state index is 0.200. The van der Waals surface area contributed by atoms with Crippen molar-refractivity contribution in [1.29, 1.82) is 0 Å². The number of carbonyl (C=O) groups excluding carboxylic acids is 1. The molecule has 20 heavy (non-hydrogen) atoms. The number of carbonyl (C=O) groups is 1. The SMILES string of the molecule is NCCCC(=O)N1CCCC(c2noc(C3CC3)n2)C1. The van der Waals surface area contributed by atoms with Gasteiger partial charge in [-0.2, -0.15) is 4.98 Å². The second-order valence-corrected chi connectivity index (χ2v) is 5.84. The van der Waals surface area contributed by atoms with Gasteiger partial charge in [-0.1, -0.05) is 5.16 Å². The monoisotopic (exact) mass is 278 g/mol. The molecule has 1 aliphatic heterocycles. The molecule has 1 aromatic heterocycles. The fraction of sp³-hybridized carbons (Fsp3) is 0.786. The van der Waals surface area contributed by atoms with Crippen molar-refractivity contribution < 1.29 is 9.32 Å². The molecule has 1 aliphatic carbocycles. The van der Waals surface area contributed by atoms with Crippen LogP contribution >= 0.6 is 0 Å². The maximum Gasteiger partial charge on any atom is 0.229 e. The van der Waals surface area contributed by atoms with Crippen LogP contribution < -0.4 is 5.73 Å². The van der Waals surface area contributed by atoms with Gasteiger partial charge in [0.15, 0.2) is 5.82 Å². The summed E-state index contributed by atoms with van der Waals surface area (Å²) in [5.41, 5.74) is 5.46. The van der Waals surface area contributed by atoms with E-state index in [1.54, 1.807) is 0 Å². The van der Waals surface area contributed by atoms with Crippen LogP contribution in [0.3, 0.4) is 0 Å². The van der Waals surface area contributed by atoms with Gasteiger partial charge in [0.2, 0.25) is 11.8 Å². The lowest BCUT2D eigenvalue weighted by Crippen LogP contribution is -2.39. The van der Waals surface area contributed by atoms with Gasteiger partial charge in [-0.15, -0.1) is 0 Å². The summed E-state index contributed by atoms with van der Waals surface area (Å²) in [7, 11) is 0. The average Bonchev–Trinajstić information content (AvgIpc) is 3.22. The van der Waals surface area contributed by atoms with Gasteiger partial charge in [-0.05, 0) is 38.6 Å². The summed E-state index contributed by atoms with van der Waals surface area (Å²) in [4.78, 5) is 18.5. The van der Waals surface area contributed by atoms with Crippen molar-refractivity contribution in [2.75, 3.05) is 19.6 Å². The van der Waals surface area contributed by atoms with Crippen LogP contribution in [-0.2, 0) is 4.79 Å². The molecule has 2 heterocycles. The topological polar surface area (TPSA) is 85.3 Å². The van der Waals surface area contributed by atoms with Gasteiger partial charge in [-0.3, -0.25) is 4.79 Å². The van der Waals surface area contributed by atoms with Crippen LogP contribution in [0.25, 0.3) is 0 Å². The summed E-state index contributed by atoms with van der Waals surface area (Å²) < 4.78 is 5.32. The molecule has 0 bridgehead atoms. The number of nitrogens with two attached hydrogens (primary N) is 1. The van der Waals surface area contributed by atoms with E-state index in [1.165, 1.54) is 0 Å². The quantitative estimate of drug-likeness (QED) is 0.879. The molecule has 0 spiro atoms. The Balaban J connectivity index is 1.60. The van der Waals surface area contributed by atoms with E-state index < -0.39 is 0 Å². The summed E-state index contributed by atoms with van der Waals surface area (Å²) in [5.74, 6) is 2.48. The summed E-state index contributed by atoms with van der Waals surface area (Å²) in [6.45, 7) is 2.12. The molecule has 2 fully saturated rings. The number of hydrogen-bond acceptors (Lipinski definition) is 5. The van der Waals surface area contributed by atoms with Gasteiger partial charge in [0.1, 0.15) is 0 Å². The molecule has 1 aromatic rings. The van der Waals surface area contributed by atoms with Gasteiger partial charge >= 0.3 is 0 Å². The highest BCUT2D eigenvalue weighted by molar-refractivity contribution is 5.76. The van der Waals surface area contributed by atoms with E-state index in [-0.39, 0.29) is 11.8 Å². The van der Waals surface area contributed by atoms with Crippen LogP contribution in [0.5, 0.6) is 0 Å². The van der Waals surface area contributed by atoms with E-state index >= 15 is 0 Å². The van der Waals surface area contributed by atoms with Crippen molar-refractivity contribution in [3.63, 3.8) is 0 Å².